The first-order valence-corrected chi connectivity index (χ1v) is 17.9. The molecule has 0 spiro atoms. The Morgan fingerprint density at radius 2 is 1.36 bits per heavy atom. The van der Waals surface area contributed by atoms with E-state index in [1.54, 1.807) is 0 Å². The number of rotatable bonds is 19. The number of hydrogen-bond donors (Lipinski definition) is 1. The van der Waals surface area contributed by atoms with Gasteiger partial charge in [0.15, 0.2) is 0 Å². The van der Waals surface area contributed by atoms with Crippen LogP contribution in [0.2, 0.25) is 6.04 Å². The Balaban J connectivity index is 1.39. The number of azo groups is 1. The van der Waals surface area contributed by atoms with Gasteiger partial charge in [0.2, 0.25) is 5.91 Å². The number of hydrogen-bond acceptors (Lipinski definition) is 7. The van der Waals surface area contributed by atoms with Gasteiger partial charge in [0.25, 0.3) is 0 Å². The smallest absolute Gasteiger partial charge is 0.494 e. The van der Waals surface area contributed by atoms with Gasteiger partial charge < -0.3 is 23.3 Å². The summed E-state index contributed by atoms with van der Waals surface area (Å²) < 4.78 is 23.5. The van der Waals surface area contributed by atoms with Crippen LogP contribution in [0.15, 0.2) is 58.8 Å². The monoisotopic (exact) mass is 597 g/mol. The van der Waals surface area contributed by atoms with Crippen LogP contribution in [0.4, 0.5) is 11.4 Å². The van der Waals surface area contributed by atoms with E-state index in [4.69, 9.17) is 18.0 Å². The molecular formula is C33H51N3O5Si. The molecular weight excluding hydrogens is 546 g/mol. The van der Waals surface area contributed by atoms with Crippen molar-refractivity contribution in [3.8, 4) is 5.75 Å². The Hall–Kier alpha value is -2.59. The zero-order chi connectivity index (χ0) is 30.0. The fraction of sp³-hybridized carbons (Fsp3) is 0.606. The first-order chi connectivity index (χ1) is 20.5. The molecule has 9 heteroatoms. The Morgan fingerprint density at radius 1 is 0.786 bits per heavy atom. The van der Waals surface area contributed by atoms with Crippen molar-refractivity contribution in [1.29, 1.82) is 0 Å². The average Bonchev–Trinajstić information content (AvgIpc) is 3.02. The number of amides is 1. The first kappa shape index (κ1) is 33.9. The summed E-state index contributed by atoms with van der Waals surface area (Å²) in [4.78, 5) is 12.8. The second kappa shape index (κ2) is 18.8. The minimum absolute atomic E-state index is 0.0788. The van der Waals surface area contributed by atoms with Crippen LogP contribution in [-0.2, 0) is 18.1 Å². The molecule has 1 aliphatic rings. The molecule has 3 rings (SSSR count). The van der Waals surface area contributed by atoms with Gasteiger partial charge in [0.05, 0.1) is 18.0 Å². The van der Waals surface area contributed by atoms with Crippen LogP contribution in [-0.4, -0.2) is 47.7 Å². The zero-order valence-corrected chi connectivity index (χ0v) is 27.1. The van der Waals surface area contributed by atoms with Crippen LogP contribution in [0.5, 0.6) is 5.75 Å². The van der Waals surface area contributed by atoms with Crippen LogP contribution in [0.1, 0.15) is 90.5 Å². The summed E-state index contributed by atoms with van der Waals surface area (Å²) in [5.74, 6) is 1.58. The van der Waals surface area contributed by atoms with E-state index in [1.165, 1.54) is 18.4 Å². The van der Waals surface area contributed by atoms with E-state index in [1.807, 2.05) is 57.2 Å². The Labute approximate surface area is 254 Å². The van der Waals surface area contributed by atoms with Gasteiger partial charge in [0.1, 0.15) is 5.75 Å². The van der Waals surface area contributed by atoms with E-state index in [0.29, 0.717) is 38.3 Å². The van der Waals surface area contributed by atoms with Gasteiger partial charge >= 0.3 is 8.80 Å². The number of benzene rings is 2. The third-order valence-corrected chi connectivity index (χ3v) is 10.8. The maximum Gasteiger partial charge on any atom is 0.500 e. The lowest BCUT2D eigenvalue weighted by molar-refractivity contribution is -0.126. The van der Waals surface area contributed by atoms with E-state index in [-0.39, 0.29) is 11.8 Å². The van der Waals surface area contributed by atoms with Crippen LogP contribution >= 0.6 is 0 Å². The van der Waals surface area contributed by atoms with Crippen molar-refractivity contribution in [2.24, 2.45) is 16.1 Å². The predicted octanol–water partition coefficient (Wildman–Crippen LogP) is 8.50. The molecule has 1 saturated carbocycles. The standard InChI is InChI=1S/C33H51N3O5Si/c1-5-9-10-25-38-32-22-20-31(21-23-32)36-35-30-18-16-28(17-19-30)27-12-14-29(15-13-27)33(37)34-24-11-26-42(39-6-2,40-7-3)41-8-4/h16-23,27,29H,5-15,24-26H2,1-4H3,(H,34,37). The quantitative estimate of drug-likeness (QED) is 0.0996. The molecule has 2 aromatic carbocycles. The van der Waals surface area contributed by atoms with Gasteiger partial charge in [-0.15, -0.1) is 0 Å². The van der Waals surface area contributed by atoms with E-state index in [2.05, 4.69) is 34.6 Å². The van der Waals surface area contributed by atoms with Gasteiger partial charge in [-0.3, -0.25) is 4.79 Å². The van der Waals surface area contributed by atoms with Gasteiger partial charge in [0, 0.05) is 38.3 Å². The highest BCUT2D eigenvalue weighted by Gasteiger charge is 2.39. The molecule has 0 bridgehead atoms. The maximum absolute atomic E-state index is 12.8. The molecule has 0 heterocycles. The number of ether oxygens (including phenoxy) is 1. The Bertz CT molecular complexity index is 1040. The highest BCUT2D eigenvalue weighted by molar-refractivity contribution is 6.60. The fourth-order valence-corrected chi connectivity index (χ4v) is 8.04. The van der Waals surface area contributed by atoms with Gasteiger partial charge in [-0.2, -0.15) is 10.2 Å². The Kier molecular flexibility index (Phi) is 15.2. The fourth-order valence-electron chi connectivity index (χ4n) is 5.43. The molecule has 2 aromatic rings. The molecule has 0 atom stereocenters. The number of carbonyl (C=O) groups is 1. The van der Waals surface area contributed by atoms with E-state index in [9.17, 15) is 4.79 Å². The van der Waals surface area contributed by atoms with E-state index in [0.717, 1.165) is 62.3 Å². The second-order valence-corrected chi connectivity index (χ2v) is 13.5. The predicted molar refractivity (Wildman–Crippen MR) is 170 cm³/mol. The van der Waals surface area contributed by atoms with Crippen molar-refractivity contribution in [1.82, 2.24) is 5.32 Å². The molecule has 8 nitrogen and oxygen atoms in total. The maximum atomic E-state index is 12.8. The average molecular weight is 598 g/mol. The summed E-state index contributed by atoms with van der Waals surface area (Å²) in [6.45, 7) is 11.1. The van der Waals surface area contributed by atoms with Gasteiger partial charge in [-0.25, -0.2) is 0 Å². The van der Waals surface area contributed by atoms with Gasteiger partial charge in [-0.05, 0) is 107 Å². The highest BCUT2D eigenvalue weighted by Crippen LogP contribution is 2.36. The molecule has 0 aromatic heterocycles. The lowest BCUT2D eigenvalue weighted by atomic mass is 9.78. The second-order valence-electron chi connectivity index (χ2n) is 10.8. The van der Waals surface area contributed by atoms with Crippen molar-refractivity contribution >= 4 is 26.1 Å². The Morgan fingerprint density at radius 3 is 1.90 bits per heavy atom. The number of unbranched alkanes of at least 4 members (excludes halogenated alkanes) is 2. The molecule has 42 heavy (non-hydrogen) atoms. The SMILES string of the molecule is CCCCCOc1ccc(N=Nc2ccc(C3CCC(C(=O)NCCC[Si](OCC)(OCC)OCC)CC3)cc2)cc1. The van der Waals surface area contributed by atoms with E-state index < -0.39 is 8.80 Å². The molecule has 1 amide bonds. The summed E-state index contributed by atoms with van der Waals surface area (Å²) >= 11 is 0. The van der Waals surface area contributed by atoms with Gasteiger partial charge in [-0.1, -0.05) is 31.9 Å². The van der Waals surface area contributed by atoms with Crippen molar-refractivity contribution in [3.63, 3.8) is 0 Å². The molecule has 0 aliphatic heterocycles. The summed E-state index contributed by atoms with van der Waals surface area (Å²) in [7, 11) is -2.66. The van der Waals surface area contributed by atoms with Crippen LogP contribution in [0.3, 0.4) is 0 Å². The normalized spacial score (nSPS) is 17.4. The highest BCUT2D eigenvalue weighted by atomic mass is 28.4. The first-order valence-electron chi connectivity index (χ1n) is 16.0. The number of nitrogens with one attached hydrogen (secondary N) is 1. The largest absolute Gasteiger partial charge is 0.500 e. The molecule has 1 aliphatic carbocycles. The molecule has 0 unspecified atom stereocenters. The lowest BCUT2D eigenvalue weighted by Crippen LogP contribution is -2.46. The number of nitrogens with zero attached hydrogens (tertiary/aromatic N) is 2. The molecule has 1 N–H and O–H groups in total. The van der Waals surface area contributed by atoms with Crippen molar-refractivity contribution in [2.45, 2.75) is 91.0 Å². The topological polar surface area (TPSA) is 90.7 Å². The summed E-state index contributed by atoms with van der Waals surface area (Å²) in [6, 6.07) is 16.8. The molecule has 1 fully saturated rings. The third kappa shape index (κ3) is 11.2. The molecule has 0 radical (unpaired) electrons. The van der Waals surface area contributed by atoms with Crippen LogP contribution < -0.4 is 10.1 Å². The minimum atomic E-state index is -2.66. The van der Waals surface area contributed by atoms with Crippen LogP contribution in [0.25, 0.3) is 0 Å². The third-order valence-electron chi connectivity index (χ3n) is 7.65. The molecule has 232 valence electrons. The van der Waals surface area contributed by atoms with Crippen molar-refractivity contribution in [2.75, 3.05) is 33.0 Å². The summed E-state index contributed by atoms with van der Waals surface area (Å²) in [5, 5.41) is 11.9. The zero-order valence-electron chi connectivity index (χ0n) is 26.1. The lowest BCUT2D eigenvalue weighted by Gasteiger charge is -2.29. The van der Waals surface area contributed by atoms with Crippen molar-refractivity contribution in [3.05, 3.63) is 54.1 Å². The summed E-state index contributed by atoms with van der Waals surface area (Å²) in [5.41, 5.74) is 2.94. The minimum Gasteiger partial charge on any atom is -0.494 e. The molecule has 0 saturated heterocycles. The van der Waals surface area contributed by atoms with E-state index >= 15 is 0 Å². The van der Waals surface area contributed by atoms with Crippen molar-refractivity contribution < 1.29 is 22.8 Å². The van der Waals surface area contributed by atoms with Crippen LogP contribution in [0, 0.1) is 5.92 Å². The number of carbonyl (C=O) groups excluding carboxylic acids is 1. The summed E-state index contributed by atoms with van der Waals surface area (Å²) in [6.07, 6.45) is 8.09.